The Balaban J connectivity index is 1.34. The van der Waals surface area contributed by atoms with E-state index in [2.05, 4.69) is 26.1 Å². The van der Waals surface area contributed by atoms with Gasteiger partial charge < -0.3 is 19.1 Å². The lowest BCUT2D eigenvalue weighted by molar-refractivity contribution is -0.274. The van der Waals surface area contributed by atoms with Crippen LogP contribution in [0.25, 0.3) is 16.7 Å². The molecule has 3 heterocycles. The molecule has 1 aromatic carbocycles. The number of halogens is 3. The number of hydrogen-bond acceptors (Lipinski definition) is 7. The van der Waals surface area contributed by atoms with E-state index in [0.29, 0.717) is 24.0 Å². The number of carbonyl (C=O) groups excluding carboxylic acids is 2. The molecule has 0 saturated carbocycles. The normalized spacial score (nSPS) is 18.1. The Labute approximate surface area is 257 Å². The number of H-pyrrole nitrogens is 1. The van der Waals surface area contributed by atoms with Crippen LogP contribution in [0, 0.1) is 0 Å². The highest BCUT2D eigenvalue weighted by atomic mass is 19.4. The van der Waals surface area contributed by atoms with Gasteiger partial charge in [0.2, 0.25) is 0 Å². The summed E-state index contributed by atoms with van der Waals surface area (Å²) in [4.78, 5) is 48.0. The first kappa shape index (κ1) is 32.1. The lowest BCUT2D eigenvalue weighted by Gasteiger charge is -2.33. The van der Waals surface area contributed by atoms with E-state index < -0.39 is 29.7 Å². The molecule has 1 aliphatic carbocycles. The average molecular weight is 632 g/mol. The molecule has 45 heavy (non-hydrogen) atoms. The number of fused-ring (bicyclic) bond motifs is 1. The Hall–Kier alpha value is -4.33. The molecule has 11 nitrogen and oxygen atoms in total. The van der Waals surface area contributed by atoms with Crippen LogP contribution in [-0.4, -0.2) is 69.7 Å². The van der Waals surface area contributed by atoms with Crippen molar-refractivity contribution in [3.8, 4) is 5.75 Å². The van der Waals surface area contributed by atoms with Crippen molar-refractivity contribution < 1.29 is 37.0 Å². The largest absolute Gasteiger partial charge is 0.573 e. The van der Waals surface area contributed by atoms with Gasteiger partial charge in [0.1, 0.15) is 11.4 Å². The molecule has 14 heteroatoms. The van der Waals surface area contributed by atoms with Crippen LogP contribution in [0.15, 0.2) is 41.3 Å². The Kier molecular flexibility index (Phi) is 8.97. The monoisotopic (exact) mass is 631 g/mol. The van der Waals surface area contributed by atoms with Gasteiger partial charge in [-0.2, -0.15) is 0 Å². The zero-order valence-electron chi connectivity index (χ0n) is 25.5. The van der Waals surface area contributed by atoms with E-state index in [9.17, 15) is 27.6 Å². The molecule has 1 saturated heterocycles. The molecule has 0 radical (unpaired) electrons. The maximum Gasteiger partial charge on any atom is 0.573 e. The van der Waals surface area contributed by atoms with E-state index in [1.54, 1.807) is 43.5 Å². The second kappa shape index (κ2) is 12.6. The number of aromatic amines is 1. The lowest BCUT2D eigenvalue weighted by Crippen LogP contribution is -2.40. The summed E-state index contributed by atoms with van der Waals surface area (Å²) < 4.78 is 55.0. The number of allylic oxidation sites excluding steroid dienone is 1. The first-order valence-corrected chi connectivity index (χ1v) is 14.7. The minimum absolute atomic E-state index is 0.0246. The van der Waals surface area contributed by atoms with E-state index in [1.165, 1.54) is 6.07 Å². The summed E-state index contributed by atoms with van der Waals surface area (Å²) in [6.45, 7) is 5.43. The average Bonchev–Trinajstić information content (AvgIpc) is 3.30. The molecular formula is C31H36F3N5O6. The number of amides is 2. The van der Waals surface area contributed by atoms with Gasteiger partial charge in [0.05, 0.1) is 22.9 Å². The third kappa shape index (κ3) is 7.67. The predicted molar refractivity (Wildman–Crippen MR) is 160 cm³/mol. The summed E-state index contributed by atoms with van der Waals surface area (Å²) in [6.07, 6.45) is 1.65. The van der Waals surface area contributed by atoms with Crippen molar-refractivity contribution in [2.24, 2.45) is 0 Å². The third-order valence-corrected chi connectivity index (χ3v) is 7.85. The summed E-state index contributed by atoms with van der Waals surface area (Å²) in [5, 5.41) is 2.39. The fourth-order valence-electron chi connectivity index (χ4n) is 5.75. The Morgan fingerprint density at radius 2 is 1.82 bits per heavy atom. The molecular weight excluding hydrogens is 595 g/mol. The predicted octanol–water partition coefficient (Wildman–Crippen LogP) is 6.03. The van der Waals surface area contributed by atoms with Crippen molar-refractivity contribution in [1.29, 1.82) is 0 Å². The Bertz CT molecular complexity index is 1660. The van der Waals surface area contributed by atoms with Crippen molar-refractivity contribution >= 4 is 34.4 Å². The second-order valence-electron chi connectivity index (χ2n) is 12.2. The topological polar surface area (TPSA) is 128 Å². The van der Waals surface area contributed by atoms with Crippen LogP contribution in [0.1, 0.15) is 74.8 Å². The van der Waals surface area contributed by atoms with E-state index in [1.807, 2.05) is 6.07 Å². The maximum absolute atomic E-state index is 13.6. The number of rotatable bonds is 6. The number of piperidine rings is 1. The number of methoxy groups -OCH3 is 1. The fraction of sp³-hybridized carbons (Fsp3) is 0.484. The van der Waals surface area contributed by atoms with Gasteiger partial charge in [0.15, 0.2) is 5.65 Å². The number of benzene rings is 1. The minimum atomic E-state index is -4.96. The number of imidazole rings is 1. The Morgan fingerprint density at radius 1 is 1.09 bits per heavy atom. The van der Waals surface area contributed by atoms with Crippen LogP contribution in [0.5, 0.6) is 5.75 Å². The van der Waals surface area contributed by atoms with Crippen molar-refractivity contribution in [3.63, 3.8) is 0 Å². The van der Waals surface area contributed by atoms with E-state index in [4.69, 9.17) is 9.47 Å². The zero-order chi connectivity index (χ0) is 32.5. The van der Waals surface area contributed by atoms with Gasteiger partial charge in [-0.3, -0.25) is 19.7 Å². The molecule has 1 fully saturated rings. The number of nitrogens with zero attached hydrogens (tertiary/aromatic N) is 3. The molecule has 2 aliphatic rings. The first-order chi connectivity index (χ1) is 21.2. The maximum atomic E-state index is 13.6. The number of anilines is 1. The SMILES string of the molecule is CO[C@H]1CC=C(c2cnc3[nH]c(=O)n(C4CCN(C(=O)c5ccc(OC(F)(F)F)cc5NC(=O)OC(C)(C)C)CC4)c3c2)CC1. The molecule has 0 bridgehead atoms. The van der Waals surface area contributed by atoms with Gasteiger partial charge in [-0.1, -0.05) is 6.08 Å². The van der Waals surface area contributed by atoms with Crippen molar-refractivity contribution in [2.45, 2.75) is 77.0 Å². The summed E-state index contributed by atoms with van der Waals surface area (Å²) >= 11 is 0. The summed E-state index contributed by atoms with van der Waals surface area (Å²) in [6, 6.07) is 4.88. The first-order valence-electron chi connectivity index (χ1n) is 14.7. The van der Waals surface area contributed by atoms with Gasteiger partial charge in [-0.25, -0.2) is 14.6 Å². The summed E-state index contributed by atoms with van der Waals surface area (Å²) in [7, 11) is 1.71. The van der Waals surface area contributed by atoms with Crippen LogP contribution >= 0.6 is 0 Å². The number of hydrogen-bond donors (Lipinski definition) is 2. The van der Waals surface area contributed by atoms with Gasteiger partial charge in [0.25, 0.3) is 5.91 Å². The van der Waals surface area contributed by atoms with E-state index in [0.717, 1.165) is 42.5 Å². The zero-order valence-corrected chi connectivity index (χ0v) is 25.5. The third-order valence-electron chi connectivity index (χ3n) is 7.85. The van der Waals surface area contributed by atoms with Crippen LogP contribution in [0.4, 0.5) is 23.7 Å². The van der Waals surface area contributed by atoms with Gasteiger partial charge in [-0.15, -0.1) is 13.2 Å². The molecule has 242 valence electrons. The van der Waals surface area contributed by atoms with Gasteiger partial charge in [-0.05, 0) is 82.2 Å². The second-order valence-corrected chi connectivity index (χ2v) is 12.2. The standard InChI is InChI=1S/C31H36F3N5O6/c1-30(2,3)45-29(42)36-24-16-22(44-31(32,33)34)9-10-23(24)27(40)38-13-11-20(12-14-38)39-25-15-19(17-35-26(25)37-28(39)41)18-5-7-21(43-4)8-6-18/h5,9-10,15-17,20-21H,6-8,11-14H2,1-4H3,(H,36,42)(H,35,37,41)/t21-/m0/s1. The molecule has 2 N–H and O–H groups in total. The molecule has 5 rings (SSSR count). The van der Waals surface area contributed by atoms with Crippen LogP contribution in [0.3, 0.4) is 0 Å². The molecule has 2 aromatic heterocycles. The number of carbonyl (C=O) groups is 2. The smallest absolute Gasteiger partial charge is 0.444 e. The van der Waals surface area contributed by atoms with Crippen LogP contribution < -0.4 is 15.7 Å². The van der Waals surface area contributed by atoms with Crippen LogP contribution in [-0.2, 0) is 9.47 Å². The number of pyridine rings is 1. The quantitative estimate of drug-likeness (QED) is 0.340. The molecule has 0 unspecified atom stereocenters. The van der Waals surface area contributed by atoms with Crippen molar-refractivity contribution in [3.05, 3.63) is 58.1 Å². The molecule has 1 atom stereocenters. The number of ether oxygens (including phenoxy) is 3. The summed E-state index contributed by atoms with van der Waals surface area (Å²) in [5.74, 6) is -1.09. The van der Waals surface area contributed by atoms with E-state index >= 15 is 0 Å². The summed E-state index contributed by atoms with van der Waals surface area (Å²) in [5.41, 5.74) is 1.88. The molecule has 1 aliphatic heterocycles. The molecule has 3 aromatic rings. The molecule has 2 amide bonds. The van der Waals surface area contributed by atoms with Crippen LogP contribution in [0.2, 0.25) is 0 Å². The number of alkyl halides is 3. The minimum Gasteiger partial charge on any atom is -0.444 e. The highest BCUT2D eigenvalue weighted by Crippen LogP contribution is 2.33. The van der Waals surface area contributed by atoms with Gasteiger partial charge >= 0.3 is 18.1 Å². The molecule has 0 spiro atoms. The number of nitrogens with one attached hydrogen (secondary N) is 2. The van der Waals surface area contributed by atoms with Crippen molar-refractivity contribution in [1.82, 2.24) is 19.4 Å². The Morgan fingerprint density at radius 3 is 2.44 bits per heavy atom. The van der Waals surface area contributed by atoms with Gasteiger partial charge in [0, 0.05) is 38.5 Å². The fourth-order valence-corrected chi connectivity index (χ4v) is 5.75. The lowest BCUT2D eigenvalue weighted by atomic mass is 9.93. The number of likely N-dealkylation sites (tertiary alicyclic amines) is 1. The highest BCUT2D eigenvalue weighted by Gasteiger charge is 2.33. The van der Waals surface area contributed by atoms with E-state index in [-0.39, 0.29) is 42.2 Å². The highest BCUT2D eigenvalue weighted by molar-refractivity contribution is 6.03. The number of aromatic nitrogens is 3. The van der Waals surface area contributed by atoms with Crippen molar-refractivity contribution in [2.75, 3.05) is 25.5 Å².